The predicted octanol–water partition coefficient (Wildman–Crippen LogP) is 0.904. The Labute approximate surface area is 154 Å². The molecule has 144 valence electrons. The quantitative estimate of drug-likeness (QED) is 0.832. The van der Waals surface area contributed by atoms with Crippen molar-refractivity contribution in [1.82, 2.24) is 24.9 Å². The summed E-state index contributed by atoms with van der Waals surface area (Å²) in [4.78, 5) is 27.8. The molecule has 0 unspecified atom stereocenters. The highest BCUT2D eigenvalue weighted by atomic mass is 16.2. The van der Waals surface area contributed by atoms with Crippen LogP contribution in [0.4, 0.5) is 4.79 Å². The minimum absolute atomic E-state index is 0.00533. The molecule has 0 bridgehead atoms. The van der Waals surface area contributed by atoms with E-state index in [9.17, 15) is 9.59 Å². The summed E-state index contributed by atoms with van der Waals surface area (Å²) in [6, 6.07) is 1.54. The van der Waals surface area contributed by atoms with Crippen LogP contribution >= 0.6 is 0 Å². The first kappa shape index (κ1) is 18.7. The second-order valence-corrected chi connectivity index (χ2v) is 7.59. The number of hydrogen-bond acceptors (Lipinski definition) is 4. The number of nitrogens with one attached hydrogen (secondary N) is 1. The lowest BCUT2D eigenvalue weighted by Gasteiger charge is -2.29. The molecular weight excluding hydrogens is 332 g/mol. The molecule has 8 nitrogen and oxygen atoms in total. The summed E-state index contributed by atoms with van der Waals surface area (Å²) in [7, 11) is 3.51. The molecule has 3 rings (SSSR count). The molecular formula is C18H30N6O2. The van der Waals surface area contributed by atoms with Gasteiger partial charge in [0, 0.05) is 20.6 Å². The molecule has 1 aromatic rings. The molecule has 8 heteroatoms. The van der Waals surface area contributed by atoms with E-state index in [2.05, 4.69) is 10.4 Å². The molecule has 1 aliphatic carbocycles. The monoisotopic (exact) mass is 362 g/mol. The van der Waals surface area contributed by atoms with Gasteiger partial charge in [-0.25, -0.2) is 4.79 Å². The molecule has 0 saturated heterocycles. The van der Waals surface area contributed by atoms with E-state index < -0.39 is 6.04 Å². The van der Waals surface area contributed by atoms with Crippen molar-refractivity contribution in [3.05, 3.63) is 17.5 Å². The fourth-order valence-corrected chi connectivity index (χ4v) is 3.86. The van der Waals surface area contributed by atoms with E-state index in [1.807, 2.05) is 10.7 Å². The van der Waals surface area contributed by atoms with Crippen molar-refractivity contribution in [2.45, 2.75) is 57.8 Å². The second kappa shape index (κ2) is 8.07. The van der Waals surface area contributed by atoms with Crippen LogP contribution in [0.1, 0.15) is 43.5 Å². The Hall–Kier alpha value is -2.09. The normalized spacial score (nSPS) is 19.0. The smallest absolute Gasteiger partial charge is 0.319 e. The Morgan fingerprint density at radius 3 is 2.73 bits per heavy atom. The van der Waals surface area contributed by atoms with Crippen molar-refractivity contribution >= 4 is 11.9 Å². The van der Waals surface area contributed by atoms with Crippen molar-refractivity contribution in [3.8, 4) is 0 Å². The number of amides is 3. The summed E-state index contributed by atoms with van der Waals surface area (Å²) in [5, 5.41) is 7.47. The van der Waals surface area contributed by atoms with Gasteiger partial charge in [0.15, 0.2) is 0 Å². The summed E-state index contributed by atoms with van der Waals surface area (Å²) in [5.41, 5.74) is 7.95. The van der Waals surface area contributed by atoms with E-state index in [-0.39, 0.29) is 11.9 Å². The zero-order valence-corrected chi connectivity index (χ0v) is 15.8. The number of nitrogens with zero attached hydrogens (tertiary/aromatic N) is 4. The third kappa shape index (κ3) is 4.17. The van der Waals surface area contributed by atoms with Crippen molar-refractivity contribution in [2.75, 3.05) is 20.6 Å². The zero-order valence-electron chi connectivity index (χ0n) is 15.8. The molecule has 1 aromatic heterocycles. The Balaban J connectivity index is 1.54. The van der Waals surface area contributed by atoms with E-state index in [1.54, 1.807) is 23.9 Å². The van der Waals surface area contributed by atoms with Crippen LogP contribution in [0.25, 0.3) is 0 Å². The van der Waals surface area contributed by atoms with Gasteiger partial charge in [-0.3, -0.25) is 9.48 Å². The number of hydrogen-bond donors (Lipinski definition) is 2. The van der Waals surface area contributed by atoms with Crippen LogP contribution < -0.4 is 11.1 Å². The maximum atomic E-state index is 12.3. The average Bonchev–Trinajstić information content (AvgIpc) is 3.07. The van der Waals surface area contributed by atoms with Crippen LogP contribution in [-0.4, -0.2) is 58.2 Å². The number of rotatable bonds is 4. The van der Waals surface area contributed by atoms with Crippen molar-refractivity contribution in [1.29, 1.82) is 0 Å². The Bertz CT molecular complexity index is 650. The number of carbonyl (C=O) groups excluding carboxylic acids is 2. The SMILES string of the molecule is CN(C)C(=O)N1CCn2nc(CNC(=O)[C@@H](N)C3CCCCC3)cc2C1. The molecule has 1 atom stereocenters. The van der Waals surface area contributed by atoms with Gasteiger partial charge >= 0.3 is 6.03 Å². The molecule has 26 heavy (non-hydrogen) atoms. The Morgan fingerprint density at radius 1 is 1.31 bits per heavy atom. The maximum absolute atomic E-state index is 12.3. The lowest BCUT2D eigenvalue weighted by atomic mass is 9.84. The summed E-state index contributed by atoms with van der Waals surface area (Å²) < 4.78 is 1.92. The molecule has 3 N–H and O–H groups in total. The van der Waals surface area contributed by atoms with Crippen LogP contribution in [0.15, 0.2) is 6.07 Å². The highest BCUT2D eigenvalue weighted by molar-refractivity contribution is 5.81. The van der Waals surface area contributed by atoms with Gasteiger partial charge in [0.05, 0.1) is 37.1 Å². The first-order valence-corrected chi connectivity index (χ1v) is 9.51. The summed E-state index contributed by atoms with van der Waals surface area (Å²) in [6.45, 7) is 2.23. The molecule has 1 saturated carbocycles. The fourth-order valence-electron chi connectivity index (χ4n) is 3.86. The summed E-state index contributed by atoms with van der Waals surface area (Å²) in [6.07, 6.45) is 5.67. The molecule has 0 aromatic carbocycles. The van der Waals surface area contributed by atoms with Crippen LogP contribution in [-0.2, 0) is 24.4 Å². The van der Waals surface area contributed by atoms with Gasteiger partial charge in [-0.05, 0) is 24.8 Å². The third-order valence-electron chi connectivity index (χ3n) is 5.41. The predicted molar refractivity (Wildman–Crippen MR) is 98.1 cm³/mol. The standard InChI is InChI=1S/C18H30N6O2/c1-22(2)18(26)23-8-9-24-15(12-23)10-14(21-24)11-20-17(25)16(19)13-6-4-3-5-7-13/h10,13,16H,3-9,11-12,19H2,1-2H3,(H,20,25)/t16-/m0/s1. The number of urea groups is 1. The second-order valence-electron chi connectivity index (χ2n) is 7.59. The van der Waals surface area contributed by atoms with Gasteiger partial charge in [0.1, 0.15) is 0 Å². The van der Waals surface area contributed by atoms with Crippen LogP contribution in [0.3, 0.4) is 0 Å². The van der Waals surface area contributed by atoms with Gasteiger partial charge in [-0.1, -0.05) is 19.3 Å². The summed E-state index contributed by atoms with van der Waals surface area (Å²) >= 11 is 0. The Morgan fingerprint density at radius 2 is 2.04 bits per heavy atom. The Kier molecular flexibility index (Phi) is 5.80. The molecule has 1 aliphatic heterocycles. The minimum atomic E-state index is -0.430. The molecule has 1 fully saturated rings. The van der Waals surface area contributed by atoms with Gasteiger partial charge in [0.2, 0.25) is 5.91 Å². The lowest BCUT2D eigenvalue weighted by Crippen LogP contribution is -2.45. The molecule has 0 spiro atoms. The maximum Gasteiger partial charge on any atom is 0.319 e. The van der Waals surface area contributed by atoms with Crippen LogP contribution in [0.2, 0.25) is 0 Å². The van der Waals surface area contributed by atoms with Crippen LogP contribution in [0, 0.1) is 5.92 Å². The van der Waals surface area contributed by atoms with E-state index in [0.29, 0.717) is 32.1 Å². The van der Waals surface area contributed by atoms with E-state index >= 15 is 0 Å². The first-order valence-electron chi connectivity index (χ1n) is 9.51. The van der Waals surface area contributed by atoms with E-state index in [1.165, 1.54) is 19.3 Å². The highest BCUT2D eigenvalue weighted by Crippen LogP contribution is 2.25. The lowest BCUT2D eigenvalue weighted by molar-refractivity contribution is -0.124. The minimum Gasteiger partial charge on any atom is -0.349 e. The first-order chi connectivity index (χ1) is 12.5. The average molecular weight is 362 g/mol. The summed E-state index contributed by atoms with van der Waals surface area (Å²) in [5.74, 6) is 0.205. The van der Waals surface area contributed by atoms with Gasteiger partial charge in [0.25, 0.3) is 0 Å². The third-order valence-corrected chi connectivity index (χ3v) is 5.41. The molecule has 2 aliphatic rings. The van der Waals surface area contributed by atoms with Crippen molar-refractivity contribution < 1.29 is 9.59 Å². The van der Waals surface area contributed by atoms with Gasteiger partial charge < -0.3 is 20.9 Å². The topological polar surface area (TPSA) is 96.5 Å². The number of aromatic nitrogens is 2. The van der Waals surface area contributed by atoms with Crippen LogP contribution in [0.5, 0.6) is 0 Å². The highest BCUT2D eigenvalue weighted by Gasteiger charge is 2.27. The number of nitrogens with two attached hydrogens (primary N) is 1. The molecule has 3 amide bonds. The van der Waals surface area contributed by atoms with E-state index in [4.69, 9.17) is 5.73 Å². The largest absolute Gasteiger partial charge is 0.349 e. The van der Waals surface area contributed by atoms with E-state index in [0.717, 1.165) is 24.2 Å². The van der Waals surface area contributed by atoms with Crippen molar-refractivity contribution in [3.63, 3.8) is 0 Å². The van der Waals surface area contributed by atoms with Crippen molar-refractivity contribution in [2.24, 2.45) is 11.7 Å². The number of carbonyl (C=O) groups is 2. The van der Waals surface area contributed by atoms with Gasteiger partial charge in [-0.2, -0.15) is 5.10 Å². The van der Waals surface area contributed by atoms with Gasteiger partial charge in [-0.15, -0.1) is 0 Å². The fraction of sp³-hybridized carbons (Fsp3) is 0.722. The number of fused-ring (bicyclic) bond motifs is 1. The zero-order chi connectivity index (χ0) is 18.7. The molecule has 0 radical (unpaired) electrons. The molecule has 2 heterocycles.